The van der Waals surface area contributed by atoms with Crippen molar-refractivity contribution in [3.8, 4) is 0 Å². The quantitative estimate of drug-likeness (QED) is 0.694. The summed E-state index contributed by atoms with van der Waals surface area (Å²) in [4.78, 5) is 0.820. The fraction of sp³-hybridized carbons (Fsp3) is 0.250. The van der Waals surface area contributed by atoms with Crippen LogP contribution in [0.1, 0.15) is 11.3 Å². The molecule has 0 spiro atoms. The number of aromatic nitrogens is 2. The van der Waals surface area contributed by atoms with Crippen LogP contribution >= 0.6 is 23.4 Å². The number of aryl methyl sites for hydroxylation is 2. The zero-order valence-corrected chi connectivity index (χ0v) is 11.6. The van der Waals surface area contributed by atoms with Crippen molar-refractivity contribution in [1.82, 2.24) is 9.78 Å². The molecule has 0 saturated heterocycles. The highest BCUT2D eigenvalue weighted by molar-refractivity contribution is 7.98. The Labute approximate surface area is 114 Å². The smallest absolute Gasteiger partial charge is 0.147 e. The van der Waals surface area contributed by atoms with Gasteiger partial charge in [-0.15, -0.1) is 11.8 Å². The van der Waals surface area contributed by atoms with Gasteiger partial charge in [0.25, 0.3) is 0 Å². The molecule has 18 heavy (non-hydrogen) atoms. The lowest BCUT2D eigenvalue weighted by Gasteiger charge is -2.03. The first-order valence-corrected chi connectivity index (χ1v) is 6.71. The summed E-state index contributed by atoms with van der Waals surface area (Å²) in [5.41, 5.74) is 7.46. The summed E-state index contributed by atoms with van der Waals surface area (Å²) in [6.07, 6.45) is 0. The molecular weight excluding hydrogens is 273 g/mol. The summed E-state index contributed by atoms with van der Waals surface area (Å²) in [5.74, 6) is 0.260. The second kappa shape index (κ2) is 5.20. The van der Waals surface area contributed by atoms with Gasteiger partial charge in [-0.05, 0) is 25.1 Å². The molecule has 0 atom stereocenters. The largest absolute Gasteiger partial charge is 0.396 e. The molecule has 0 unspecified atom stereocenters. The number of thioether (sulfide) groups is 1. The number of rotatable bonds is 3. The van der Waals surface area contributed by atoms with Gasteiger partial charge in [0.2, 0.25) is 0 Å². The number of nitrogens with zero attached hydrogens (tertiary/aromatic N) is 2. The van der Waals surface area contributed by atoms with Gasteiger partial charge in [0.1, 0.15) is 11.0 Å². The number of halogens is 2. The van der Waals surface area contributed by atoms with Crippen LogP contribution in [0, 0.1) is 12.7 Å². The summed E-state index contributed by atoms with van der Waals surface area (Å²) >= 11 is 7.63. The van der Waals surface area contributed by atoms with E-state index in [9.17, 15) is 4.39 Å². The minimum Gasteiger partial charge on any atom is -0.396 e. The average Bonchev–Trinajstić information content (AvgIpc) is 2.56. The second-order valence-corrected chi connectivity index (χ2v) is 5.36. The number of nitrogen functional groups attached to an aromatic ring is 1. The van der Waals surface area contributed by atoms with Gasteiger partial charge in [-0.2, -0.15) is 5.10 Å². The molecule has 0 radical (unpaired) electrons. The van der Waals surface area contributed by atoms with Crippen molar-refractivity contribution in [1.29, 1.82) is 0 Å². The van der Waals surface area contributed by atoms with Crippen molar-refractivity contribution in [2.24, 2.45) is 7.05 Å². The summed E-state index contributed by atoms with van der Waals surface area (Å²) in [5, 5.41) is 4.85. The first-order valence-electron chi connectivity index (χ1n) is 5.35. The third kappa shape index (κ3) is 2.62. The van der Waals surface area contributed by atoms with Crippen LogP contribution in [0.15, 0.2) is 23.1 Å². The summed E-state index contributed by atoms with van der Waals surface area (Å²) in [6, 6.07) is 4.79. The molecular formula is C12H13ClFN3S. The maximum atomic E-state index is 13.3. The molecule has 0 aliphatic rings. The zero-order chi connectivity index (χ0) is 13.3. The Kier molecular flexibility index (Phi) is 3.82. The SMILES string of the molecule is Cc1nn(C)c(Cl)c1CSc1ccc(N)c(F)c1. The maximum Gasteiger partial charge on any atom is 0.147 e. The summed E-state index contributed by atoms with van der Waals surface area (Å²) in [6.45, 7) is 1.91. The average molecular weight is 286 g/mol. The minimum absolute atomic E-state index is 0.162. The van der Waals surface area contributed by atoms with Gasteiger partial charge in [0.15, 0.2) is 0 Å². The highest BCUT2D eigenvalue weighted by atomic mass is 35.5. The lowest BCUT2D eigenvalue weighted by molar-refractivity contribution is 0.629. The molecule has 1 heterocycles. The molecule has 2 aromatic rings. The third-order valence-corrected chi connectivity index (χ3v) is 4.12. The van der Waals surface area contributed by atoms with E-state index in [1.54, 1.807) is 23.9 Å². The minimum atomic E-state index is -0.394. The Hall–Kier alpha value is -1.20. The molecule has 0 aliphatic carbocycles. The van der Waals surface area contributed by atoms with E-state index in [-0.39, 0.29) is 5.69 Å². The Morgan fingerprint density at radius 1 is 1.50 bits per heavy atom. The highest BCUT2D eigenvalue weighted by Gasteiger charge is 2.11. The van der Waals surface area contributed by atoms with Crippen molar-refractivity contribution >= 4 is 29.1 Å². The van der Waals surface area contributed by atoms with Crippen LogP contribution in [0.5, 0.6) is 0 Å². The Morgan fingerprint density at radius 2 is 2.22 bits per heavy atom. The molecule has 6 heteroatoms. The van der Waals surface area contributed by atoms with Gasteiger partial charge >= 0.3 is 0 Å². The van der Waals surface area contributed by atoms with Crippen LogP contribution in [-0.4, -0.2) is 9.78 Å². The van der Waals surface area contributed by atoms with Crippen LogP contribution in [-0.2, 0) is 12.8 Å². The van der Waals surface area contributed by atoms with E-state index in [0.717, 1.165) is 16.2 Å². The summed E-state index contributed by atoms with van der Waals surface area (Å²) < 4.78 is 14.9. The molecule has 0 amide bonds. The standard InChI is InChI=1S/C12H13ClFN3S/c1-7-9(12(13)17(2)16-7)6-18-8-3-4-11(15)10(14)5-8/h3-5H,6,15H2,1-2H3. The van der Waals surface area contributed by atoms with Gasteiger partial charge in [-0.1, -0.05) is 11.6 Å². The number of nitrogens with two attached hydrogens (primary N) is 1. The molecule has 1 aromatic carbocycles. The number of hydrogen-bond donors (Lipinski definition) is 1. The Bertz CT molecular complexity index is 583. The van der Waals surface area contributed by atoms with Gasteiger partial charge < -0.3 is 5.73 Å². The topological polar surface area (TPSA) is 43.8 Å². The molecule has 96 valence electrons. The Morgan fingerprint density at radius 3 is 2.78 bits per heavy atom. The van der Waals surface area contributed by atoms with Crippen LogP contribution in [0.3, 0.4) is 0 Å². The van der Waals surface area contributed by atoms with Crippen LogP contribution in [0.2, 0.25) is 5.15 Å². The zero-order valence-electron chi connectivity index (χ0n) is 10.1. The van der Waals surface area contributed by atoms with Gasteiger partial charge in [-0.3, -0.25) is 4.68 Å². The fourth-order valence-corrected chi connectivity index (χ4v) is 2.92. The van der Waals surface area contributed by atoms with E-state index in [2.05, 4.69) is 5.10 Å². The lowest BCUT2D eigenvalue weighted by atomic mass is 10.3. The van der Waals surface area contributed by atoms with Crippen LogP contribution in [0.25, 0.3) is 0 Å². The van der Waals surface area contributed by atoms with E-state index >= 15 is 0 Å². The maximum absolute atomic E-state index is 13.3. The molecule has 3 nitrogen and oxygen atoms in total. The summed E-state index contributed by atoms with van der Waals surface area (Å²) in [7, 11) is 1.80. The normalized spacial score (nSPS) is 10.9. The van der Waals surface area contributed by atoms with E-state index in [0.29, 0.717) is 10.9 Å². The number of anilines is 1. The van der Waals surface area contributed by atoms with Gasteiger partial charge in [0.05, 0.1) is 11.4 Å². The van der Waals surface area contributed by atoms with Crippen molar-refractivity contribution in [2.45, 2.75) is 17.6 Å². The van der Waals surface area contributed by atoms with Crippen LogP contribution < -0.4 is 5.73 Å². The Balaban J connectivity index is 2.14. The van der Waals surface area contributed by atoms with E-state index in [1.807, 2.05) is 6.92 Å². The number of benzene rings is 1. The van der Waals surface area contributed by atoms with Crippen LogP contribution in [0.4, 0.5) is 10.1 Å². The molecule has 2 rings (SSSR count). The van der Waals surface area contributed by atoms with Crippen molar-refractivity contribution in [3.63, 3.8) is 0 Å². The molecule has 0 bridgehead atoms. The second-order valence-electron chi connectivity index (χ2n) is 3.95. The van der Waals surface area contributed by atoms with Gasteiger partial charge in [0, 0.05) is 23.3 Å². The predicted molar refractivity (Wildman–Crippen MR) is 73.3 cm³/mol. The van der Waals surface area contributed by atoms with Crippen molar-refractivity contribution in [3.05, 3.63) is 40.4 Å². The molecule has 2 N–H and O–H groups in total. The van der Waals surface area contributed by atoms with E-state index in [4.69, 9.17) is 17.3 Å². The fourth-order valence-electron chi connectivity index (χ4n) is 1.59. The molecule has 0 aliphatic heterocycles. The van der Waals surface area contributed by atoms with Crippen molar-refractivity contribution in [2.75, 3.05) is 5.73 Å². The monoisotopic (exact) mass is 285 g/mol. The van der Waals surface area contributed by atoms with E-state index < -0.39 is 5.82 Å². The molecule has 0 fully saturated rings. The van der Waals surface area contributed by atoms with Crippen molar-refractivity contribution < 1.29 is 4.39 Å². The lowest BCUT2D eigenvalue weighted by Crippen LogP contribution is -1.90. The first-order chi connectivity index (χ1) is 8.49. The molecule has 1 aromatic heterocycles. The molecule has 0 saturated carbocycles. The highest BCUT2D eigenvalue weighted by Crippen LogP contribution is 2.29. The van der Waals surface area contributed by atoms with E-state index in [1.165, 1.54) is 17.8 Å². The number of hydrogen-bond acceptors (Lipinski definition) is 3. The predicted octanol–water partition coefficient (Wildman–Crippen LogP) is 3.40. The third-order valence-electron chi connectivity index (χ3n) is 2.62. The van der Waals surface area contributed by atoms with Gasteiger partial charge in [-0.25, -0.2) is 4.39 Å². The first kappa shape index (κ1) is 13.2.